The number of nitrogens with zero attached hydrogens (tertiary/aromatic N) is 1. The van der Waals surface area contributed by atoms with Gasteiger partial charge in [-0.15, -0.1) is 0 Å². The lowest BCUT2D eigenvalue weighted by Crippen LogP contribution is -2.23. The van der Waals surface area contributed by atoms with Crippen LogP contribution in [0.25, 0.3) is 0 Å². The highest BCUT2D eigenvalue weighted by atomic mass is 16.4. The van der Waals surface area contributed by atoms with Crippen molar-refractivity contribution in [1.82, 2.24) is 0 Å². The third kappa shape index (κ3) is 3.42. The van der Waals surface area contributed by atoms with E-state index in [0.29, 0.717) is 12.1 Å². The Kier molecular flexibility index (Phi) is 4.58. The molecule has 0 aliphatic heterocycles. The molecule has 86 valence electrons. The minimum absolute atomic E-state index is 0.384. The van der Waals surface area contributed by atoms with Crippen LogP contribution in [0.3, 0.4) is 0 Å². The molecule has 0 aliphatic rings. The Morgan fingerprint density at radius 3 is 2.50 bits per heavy atom. The van der Waals surface area contributed by atoms with E-state index in [-0.39, 0.29) is 0 Å². The van der Waals surface area contributed by atoms with Gasteiger partial charge < -0.3 is 10.0 Å². The maximum absolute atomic E-state index is 10.6. The van der Waals surface area contributed by atoms with Crippen molar-refractivity contribution in [2.45, 2.75) is 13.8 Å². The van der Waals surface area contributed by atoms with Crippen LogP contribution >= 0.6 is 0 Å². The molecular formula is C13H17NO2. The highest BCUT2D eigenvalue weighted by Gasteiger charge is 2.03. The van der Waals surface area contributed by atoms with Crippen LogP contribution in [0, 0.1) is 0 Å². The van der Waals surface area contributed by atoms with Crippen LogP contribution in [0.1, 0.15) is 13.8 Å². The zero-order chi connectivity index (χ0) is 12.0. The highest BCUT2D eigenvalue weighted by Crippen LogP contribution is 2.12. The second kappa shape index (κ2) is 5.95. The number of para-hydroxylation sites is 1. The number of carbonyl (C=O) groups is 1. The summed E-state index contributed by atoms with van der Waals surface area (Å²) in [6.45, 7) is 5.14. The molecule has 0 aliphatic carbocycles. The van der Waals surface area contributed by atoms with Gasteiger partial charge in [-0.2, -0.15) is 0 Å². The van der Waals surface area contributed by atoms with Gasteiger partial charge in [-0.3, -0.25) is 0 Å². The van der Waals surface area contributed by atoms with E-state index in [0.717, 1.165) is 12.2 Å². The average Bonchev–Trinajstić information content (AvgIpc) is 2.30. The Balaban J connectivity index is 2.71. The zero-order valence-corrected chi connectivity index (χ0v) is 9.68. The van der Waals surface area contributed by atoms with Crippen LogP contribution in [0.2, 0.25) is 0 Å². The summed E-state index contributed by atoms with van der Waals surface area (Å²) in [4.78, 5) is 12.8. The van der Waals surface area contributed by atoms with Gasteiger partial charge in [0.05, 0.1) is 0 Å². The number of carboxylic acids is 1. The summed E-state index contributed by atoms with van der Waals surface area (Å²) in [5.74, 6) is -0.857. The van der Waals surface area contributed by atoms with E-state index >= 15 is 0 Å². The second-order valence-electron chi connectivity index (χ2n) is 3.57. The molecule has 1 aromatic carbocycles. The number of carboxylic acid groups (broad SMARTS) is 1. The molecule has 1 N–H and O–H groups in total. The van der Waals surface area contributed by atoms with E-state index < -0.39 is 5.97 Å². The summed E-state index contributed by atoms with van der Waals surface area (Å²) in [7, 11) is 0. The van der Waals surface area contributed by atoms with E-state index in [1.165, 1.54) is 0 Å². The van der Waals surface area contributed by atoms with Crippen molar-refractivity contribution < 1.29 is 9.90 Å². The van der Waals surface area contributed by atoms with Crippen molar-refractivity contribution in [3.63, 3.8) is 0 Å². The molecular weight excluding hydrogens is 202 g/mol. The van der Waals surface area contributed by atoms with Crippen molar-refractivity contribution in [2.24, 2.45) is 0 Å². The molecule has 3 nitrogen and oxygen atoms in total. The zero-order valence-electron chi connectivity index (χ0n) is 9.68. The highest BCUT2D eigenvalue weighted by molar-refractivity contribution is 5.85. The quantitative estimate of drug-likeness (QED) is 0.774. The molecule has 0 radical (unpaired) electrons. The van der Waals surface area contributed by atoms with Crippen molar-refractivity contribution in [3.05, 3.63) is 42.0 Å². The minimum Gasteiger partial charge on any atom is -0.478 e. The molecule has 0 saturated heterocycles. The van der Waals surface area contributed by atoms with Gasteiger partial charge in [0.2, 0.25) is 0 Å². The Labute approximate surface area is 96.0 Å². The molecule has 0 aromatic heterocycles. The number of aliphatic carboxylic acids is 1. The molecule has 1 rings (SSSR count). The summed E-state index contributed by atoms with van der Waals surface area (Å²) in [5.41, 5.74) is 1.49. The second-order valence-corrected chi connectivity index (χ2v) is 3.57. The number of benzene rings is 1. The Morgan fingerprint density at radius 2 is 2.00 bits per heavy atom. The molecule has 0 unspecified atom stereocenters. The van der Waals surface area contributed by atoms with Gasteiger partial charge in [-0.25, -0.2) is 4.79 Å². The third-order valence-corrected chi connectivity index (χ3v) is 2.46. The molecule has 0 fully saturated rings. The van der Waals surface area contributed by atoms with Crippen molar-refractivity contribution >= 4 is 11.7 Å². The smallest absolute Gasteiger partial charge is 0.331 e. The fraction of sp³-hybridized carbons (Fsp3) is 0.308. The number of hydrogen-bond donors (Lipinski definition) is 1. The lowest BCUT2D eigenvalue weighted by molar-refractivity contribution is -0.132. The maximum atomic E-state index is 10.6. The fourth-order valence-electron chi connectivity index (χ4n) is 1.39. The number of rotatable bonds is 5. The van der Waals surface area contributed by atoms with Crippen LogP contribution in [-0.4, -0.2) is 24.2 Å². The van der Waals surface area contributed by atoms with Gasteiger partial charge in [-0.05, 0) is 26.0 Å². The first-order valence-electron chi connectivity index (χ1n) is 5.35. The van der Waals surface area contributed by atoms with E-state index in [1.54, 1.807) is 13.0 Å². The van der Waals surface area contributed by atoms with Gasteiger partial charge in [0.15, 0.2) is 0 Å². The minimum atomic E-state index is -0.857. The summed E-state index contributed by atoms with van der Waals surface area (Å²) in [6, 6.07) is 9.97. The SMILES string of the molecule is CCN(C/C=C(\C)C(=O)O)c1ccccc1. The van der Waals surface area contributed by atoms with E-state index in [4.69, 9.17) is 5.11 Å². The van der Waals surface area contributed by atoms with Gasteiger partial charge in [0.25, 0.3) is 0 Å². The van der Waals surface area contributed by atoms with E-state index in [9.17, 15) is 4.79 Å². The lowest BCUT2D eigenvalue weighted by atomic mass is 10.2. The van der Waals surface area contributed by atoms with Gasteiger partial charge >= 0.3 is 5.97 Å². The largest absolute Gasteiger partial charge is 0.478 e. The number of likely N-dealkylation sites (N-methyl/N-ethyl adjacent to an activating group) is 1. The normalized spacial score (nSPS) is 11.2. The van der Waals surface area contributed by atoms with E-state index in [2.05, 4.69) is 11.8 Å². The average molecular weight is 219 g/mol. The fourth-order valence-corrected chi connectivity index (χ4v) is 1.39. The van der Waals surface area contributed by atoms with Crippen molar-refractivity contribution in [1.29, 1.82) is 0 Å². The summed E-state index contributed by atoms with van der Waals surface area (Å²) in [6.07, 6.45) is 1.73. The lowest BCUT2D eigenvalue weighted by Gasteiger charge is -2.21. The summed E-state index contributed by atoms with van der Waals surface area (Å²) >= 11 is 0. The first-order valence-corrected chi connectivity index (χ1v) is 5.35. The van der Waals surface area contributed by atoms with Gasteiger partial charge in [0.1, 0.15) is 0 Å². The molecule has 3 heteroatoms. The van der Waals surface area contributed by atoms with Crippen LogP contribution in [-0.2, 0) is 4.79 Å². The molecule has 0 amide bonds. The Bertz CT molecular complexity index is 371. The molecule has 1 aromatic rings. The standard InChI is InChI=1S/C13H17NO2/c1-3-14(10-9-11(2)13(15)16)12-7-5-4-6-8-12/h4-9H,3,10H2,1-2H3,(H,15,16)/b11-9+. The summed E-state index contributed by atoms with van der Waals surface area (Å²) < 4.78 is 0. The molecule has 0 bridgehead atoms. The third-order valence-electron chi connectivity index (χ3n) is 2.46. The number of anilines is 1. The molecule has 16 heavy (non-hydrogen) atoms. The van der Waals surface area contributed by atoms with Crippen LogP contribution in [0.15, 0.2) is 42.0 Å². The topological polar surface area (TPSA) is 40.5 Å². The maximum Gasteiger partial charge on any atom is 0.331 e. The number of hydrogen-bond acceptors (Lipinski definition) is 2. The van der Waals surface area contributed by atoms with Crippen molar-refractivity contribution in [2.75, 3.05) is 18.0 Å². The van der Waals surface area contributed by atoms with Crippen LogP contribution < -0.4 is 4.90 Å². The Morgan fingerprint density at radius 1 is 1.38 bits per heavy atom. The van der Waals surface area contributed by atoms with Gasteiger partial charge in [-0.1, -0.05) is 24.3 Å². The van der Waals surface area contributed by atoms with Crippen molar-refractivity contribution in [3.8, 4) is 0 Å². The molecule has 0 heterocycles. The molecule has 0 atom stereocenters. The monoisotopic (exact) mass is 219 g/mol. The summed E-state index contributed by atoms with van der Waals surface area (Å²) in [5, 5.41) is 8.75. The predicted molar refractivity (Wildman–Crippen MR) is 65.7 cm³/mol. The van der Waals surface area contributed by atoms with Crippen LogP contribution in [0.5, 0.6) is 0 Å². The van der Waals surface area contributed by atoms with E-state index in [1.807, 2.05) is 30.3 Å². The van der Waals surface area contributed by atoms with Gasteiger partial charge in [0, 0.05) is 24.4 Å². The molecule has 0 saturated carbocycles. The van der Waals surface area contributed by atoms with Crippen LogP contribution in [0.4, 0.5) is 5.69 Å². The predicted octanol–water partition coefficient (Wildman–Crippen LogP) is 2.54. The first kappa shape index (κ1) is 12.3. The Hall–Kier alpha value is -1.77. The first-order chi connectivity index (χ1) is 7.65. The molecule has 0 spiro atoms.